The fourth-order valence-electron chi connectivity index (χ4n) is 5.04. The number of carbonyl (C=O) groups is 1. The first-order valence-electron chi connectivity index (χ1n) is 12.5. The monoisotopic (exact) mass is 496 g/mol. The first-order chi connectivity index (χ1) is 17.5. The van der Waals surface area contributed by atoms with Crippen LogP contribution >= 0.6 is 11.6 Å². The van der Waals surface area contributed by atoms with Gasteiger partial charge in [-0.05, 0) is 66.6 Å². The molecule has 3 heterocycles. The highest BCUT2D eigenvalue weighted by Gasteiger charge is 2.26. The van der Waals surface area contributed by atoms with Crippen LogP contribution in [-0.4, -0.2) is 31.7 Å². The third kappa shape index (κ3) is 5.24. The topological polar surface area (TPSA) is 47.6 Å². The minimum absolute atomic E-state index is 0.114. The minimum atomic E-state index is -0.114. The van der Waals surface area contributed by atoms with Crippen LogP contribution in [0.25, 0.3) is 0 Å². The Kier molecular flexibility index (Phi) is 7.24. The van der Waals surface area contributed by atoms with Gasteiger partial charge < -0.3 is 20.4 Å². The molecule has 182 valence electrons. The fraction of sp³-hybridized carbons (Fsp3) is 0.276. The average Bonchev–Trinajstić information content (AvgIpc) is 2.92. The maximum atomic E-state index is 13.2. The lowest BCUT2D eigenvalue weighted by atomic mass is 9.89. The molecular weight excluding hydrogens is 467 g/mol. The summed E-state index contributed by atoms with van der Waals surface area (Å²) in [5, 5.41) is 7.13. The molecule has 0 saturated carbocycles. The third-order valence-electron chi connectivity index (χ3n) is 7.09. The quantitative estimate of drug-likeness (QED) is 0.534. The first-order valence-corrected chi connectivity index (χ1v) is 12.9. The molecule has 0 atom stereocenters. The van der Waals surface area contributed by atoms with Crippen molar-refractivity contribution in [3.8, 4) is 0 Å². The van der Waals surface area contributed by atoms with E-state index in [1.54, 1.807) is 6.08 Å². The first kappa shape index (κ1) is 24.3. The van der Waals surface area contributed by atoms with Crippen LogP contribution in [0.2, 0.25) is 5.02 Å². The summed E-state index contributed by atoms with van der Waals surface area (Å²) < 4.78 is 0. The second-order valence-electron chi connectivity index (χ2n) is 9.39. The van der Waals surface area contributed by atoms with Crippen LogP contribution in [0.4, 0.5) is 5.69 Å². The van der Waals surface area contributed by atoms with E-state index in [-0.39, 0.29) is 5.91 Å². The summed E-state index contributed by atoms with van der Waals surface area (Å²) in [6.45, 7) is 4.56. The van der Waals surface area contributed by atoms with E-state index in [1.165, 1.54) is 11.3 Å². The van der Waals surface area contributed by atoms with Gasteiger partial charge in [-0.2, -0.15) is 0 Å². The van der Waals surface area contributed by atoms with E-state index in [4.69, 9.17) is 19.4 Å². The molecule has 3 aliphatic heterocycles. The van der Waals surface area contributed by atoms with Crippen molar-refractivity contribution < 1.29 is 4.79 Å². The van der Waals surface area contributed by atoms with Crippen LogP contribution in [0.3, 0.4) is 0 Å². The molecule has 7 heteroatoms. The molecule has 0 bridgehead atoms. The van der Waals surface area contributed by atoms with E-state index >= 15 is 0 Å². The van der Waals surface area contributed by atoms with Crippen molar-refractivity contribution >= 4 is 31.0 Å². The molecule has 1 fully saturated rings. The van der Waals surface area contributed by atoms with Gasteiger partial charge >= 0.3 is 0 Å². The van der Waals surface area contributed by atoms with Crippen molar-refractivity contribution in [1.29, 1.82) is 0 Å². The maximum Gasteiger partial charge on any atom is 0.270 e. The summed E-state index contributed by atoms with van der Waals surface area (Å²) in [5.74, 6) is 0.471. The molecule has 2 aromatic carbocycles. The number of anilines is 1. The predicted octanol–water partition coefficient (Wildman–Crippen LogP) is 5.29. The van der Waals surface area contributed by atoms with Gasteiger partial charge in [0.15, 0.2) is 0 Å². The smallest absolute Gasteiger partial charge is 0.270 e. The Morgan fingerprint density at radius 2 is 1.83 bits per heavy atom. The number of amides is 1. The van der Waals surface area contributed by atoms with Gasteiger partial charge in [0, 0.05) is 48.4 Å². The Bertz CT molecular complexity index is 1240. The predicted molar refractivity (Wildman–Crippen MR) is 147 cm³/mol. The number of nitrogens with one attached hydrogen (secondary N) is 2. The van der Waals surface area contributed by atoms with Crippen LogP contribution in [0, 0.1) is 0 Å². The van der Waals surface area contributed by atoms with E-state index in [0.29, 0.717) is 23.6 Å². The van der Waals surface area contributed by atoms with Gasteiger partial charge in [-0.15, -0.1) is 0 Å². The van der Waals surface area contributed by atoms with Gasteiger partial charge in [-0.3, -0.25) is 4.79 Å². The summed E-state index contributed by atoms with van der Waals surface area (Å²) in [7, 11) is 5.92. The molecule has 5 nitrogen and oxygen atoms in total. The summed E-state index contributed by atoms with van der Waals surface area (Å²) in [4.78, 5) is 17.5. The van der Waals surface area contributed by atoms with Crippen molar-refractivity contribution in [2.24, 2.45) is 0 Å². The van der Waals surface area contributed by atoms with Crippen LogP contribution in [0.5, 0.6) is 0 Å². The lowest BCUT2D eigenvalue weighted by Crippen LogP contribution is -2.38. The van der Waals surface area contributed by atoms with Gasteiger partial charge in [-0.25, -0.2) is 0 Å². The van der Waals surface area contributed by atoms with Crippen molar-refractivity contribution in [3.05, 3.63) is 112 Å². The molecule has 36 heavy (non-hydrogen) atoms. The van der Waals surface area contributed by atoms with Crippen molar-refractivity contribution in [2.45, 2.75) is 38.6 Å². The Hall–Kier alpha value is -3.38. The highest BCUT2D eigenvalue weighted by Crippen LogP contribution is 2.31. The summed E-state index contributed by atoms with van der Waals surface area (Å²) in [6, 6.07) is 16.8. The summed E-state index contributed by atoms with van der Waals surface area (Å²) in [5.41, 5.74) is 6.67. The van der Waals surface area contributed by atoms with Gasteiger partial charge in [-0.1, -0.05) is 54.3 Å². The molecule has 1 saturated heterocycles. The second kappa shape index (κ2) is 10.7. The van der Waals surface area contributed by atoms with Gasteiger partial charge in [0.25, 0.3) is 5.91 Å². The highest BCUT2D eigenvalue weighted by molar-refractivity contribution is 6.30. The zero-order chi connectivity index (χ0) is 25.1. The van der Waals surface area contributed by atoms with E-state index in [9.17, 15) is 4.79 Å². The second-order valence-corrected chi connectivity index (χ2v) is 9.82. The van der Waals surface area contributed by atoms with E-state index < -0.39 is 0 Å². The fourth-order valence-corrected chi connectivity index (χ4v) is 5.16. The number of allylic oxidation sites excluding steroid dienone is 4. The number of carbonyl (C=O) groups excluding carboxylic acids is 1. The van der Waals surface area contributed by atoms with Crippen molar-refractivity contribution in [3.63, 3.8) is 0 Å². The molecule has 5 rings (SSSR count). The lowest BCUT2D eigenvalue weighted by Gasteiger charge is -2.34. The normalized spacial score (nSPS) is 17.8. The number of hydrogen-bond donors (Lipinski definition) is 2. The molecule has 0 aromatic heterocycles. The maximum absolute atomic E-state index is 13.2. The van der Waals surface area contributed by atoms with Crippen molar-refractivity contribution in [1.82, 2.24) is 15.5 Å². The third-order valence-corrected chi connectivity index (χ3v) is 7.34. The van der Waals surface area contributed by atoms with Gasteiger partial charge in [0.1, 0.15) is 13.5 Å². The molecule has 2 aromatic rings. The highest BCUT2D eigenvalue weighted by atomic mass is 35.5. The number of nitrogens with zero attached hydrogens (tertiary/aromatic N) is 2. The summed E-state index contributed by atoms with van der Waals surface area (Å²) in [6.07, 6.45) is 10.4. The number of fused-ring (bicyclic) bond motifs is 1. The largest absolute Gasteiger partial charge is 0.371 e. The van der Waals surface area contributed by atoms with Crippen LogP contribution in [-0.2, 0) is 11.3 Å². The molecular formula is C29H30BClN4O. The number of rotatable bonds is 6. The average molecular weight is 497 g/mol. The molecule has 3 aliphatic rings. The zero-order valence-corrected chi connectivity index (χ0v) is 21.3. The van der Waals surface area contributed by atoms with Crippen LogP contribution < -0.4 is 15.5 Å². The van der Waals surface area contributed by atoms with Crippen LogP contribution in [0.1, 0.15) is 43.2 Å². The minimum Gasteiger partial charge on any atom is -0.371 e. The molecule has 0 unspecified atom stereocenters. The lowest BCUT2D eigenvalue weighted by molar-refractivity contribution is -0.118. The molecule has 0 aliphatic carbocycles. The SMILES string of the molecule is [B]C1=CC2=CNC(CC)=C(C(=O)NCc3ccc(N4CCC(c5ccc(Cl)cc5)CC4)cc3)N2C=C1. The Balaban J connectivity index is 1.17. The Morgan fingerprint density at radius 1 is 1.11 bits per heavy atom. The Morgan fingerprint density at radius 3 is 2.53 bits per heavy atom. The molecule has 2 radical (unpaired) electrons. The van der Waals surface area contributed by atoms with E-state index in [1.807, 2.05) is 42.4 Å². The number of halogens is 1. The molecule has 2 N–H and O–H groups in total. The van der Waals surface area contributed by atoms with Crippen LogP contribution in [0.15, 0.2) is 95.6 Å². The van der Waals surface area contributed by atoms with Gasteiger partial charge in [0.2, 0.25) is 0 Å². The van der Waals surface area contributed by atoms with Gasteiger partial charge in [0.05, 0.1) is 5.70 Å². The van der Waals surface area contributed by atoms with E-state index in [0.717, 1.165) is 54.3 Å². The van der Waals surface area contributed by atoms with E-state index in [2.05, 4.69) is 51.9 Å². The number of piperidine rings is 1. The Labute approximate surface area is 219 Å². The standard InChI is InChI=1S/C29H30BClN4O/c1-2-27-28(35-16-13-23(30)17-26(35)19-32-27)29(36)33-18-20-3-9-25(10-4-20)34-14-11-22(12-15-34)21-5-7-24(31)8-6-21/h3-10,13,16-17,19,22,32H,2,11-12,14-15,18H2,1H3,(H,33,36). The van der Waals surface area contributed by atoms with Crippen molar-refractivity contribution in [2.75, 3.05) is 18.0 Å². The molecule has 1 amide bonds. The number of benzene rings is 2. The summed E-state index contributed by atoms with van der Waals surface area (Å²) >= 11 is 6.04. The number of hydrogen-bond acceptors (Lipinski definition) is 4. The molecule has 0 spiro atoms. The zero-order valence-electron chi connectivity index (χ0n) is 20.5.